The molecule has 1 fully saturated rings. The van der Waals surface area contributed by atoms with Gasteiger partial charge in [0.05, 0.1) is 6.10 Å². The molecule has 1 unspecified atom stereocenters. The van der Waals surface area contributed by atoms with Crippen LogP contribution in [0.5, 0.6) is 0 Å². The van der Waals surface area contributed by atoms with Crippen molar-refractivity contribution in [2.75, 3.05) is 6.54 Å². The Bertz CT molecular complexity index is 283. The van der Waals surface area contributed by atoms with Gasteiger partial charge in [-0.05, 0) is 53.0 Å². The van der Waals surface area contributed by atoms with Gasteiger partial charge in [0.25, 0.3) is 0 Å². The van der Waals surface area contributed by atoms with E-state index in [4.69, 9.17) is 4.74 Å². The number of hydrogen-bond donors (Lipinski definition) is 3. The second-order valence-corrected chi connectivity index (χ2v) is 6.32. The molecule has 0 saturated heterocycles. The standard InChI is InChI=1S/C14H28N2O3/c1-5-12(17)6-7-15-10-8-11(9-10)16-13(18)19-14(2,3)4/h10-12,15,17H,5-9H2,1-4H3,(H,16,18). The Morgan fingerprint density at radius 1 is 1.37 bits per heavy atom. The molecule has 0 spiro atoms. The normalized spacial score (nSPS) is 24.5. The minimum atomic E-state index is -0.443. The van der Waals surface area contributed by atoms with Crippen LogP contribution in [0.15, 0.2) is 0 Å². The number of aliphatic hydroxyl groups excluding tert-OH is 1. The lowest BCUT2D eigenvalue weighted by atomic mass is 9.87. The number of alkyl carbamates (subject to hydrolysis) is 1. The summed E-state index contributed by atoms with van der Waals surface area (Å²) in [6, 6.07) is 0.660. The van der Waals surface area contributed by atoms with Gasteiger partial charge >= 0.3 is 6.09 Å². The second-order valence-electron chi connectivity index (χ2n) is 6.32. The Balaban J connectivity index is 2.05. The summed E-state index contributed by atoms with van der Waals surface area (Å²) >= 11 is 0. The van der Waals surface area contributed by atoms with Gasteiger partial charge < -0.3 is 20.5 Å². The molecule has 5 nitrogen and oxygen atoms in total. The number of ether oxygens (including phenoxy) is 1. The minimum Gasteiger partial charge on any atom is -0.444 e. The molecule has 1 aliphatic rings. The first-order chi connectivity index (χ1) is 8.80. The molecule has 19 heavy (non-hydrogen) atoms. The highest BCUT2D eigenvalue weighted by atomic mass is 16.6. The fourth-order valence-electron chi connectivity index (χ4n) is 2.03. The van der Waals surface area contributed by atoms with Crippen LogP contribution in [-0.4, -0.2) is 41.5 Å². The maximum Gasteiger partial charge on any atom is 0.407 e. The number of nitrogens with one attached hydrogen (secondary N) is 2. The molecule has 0 aromatic carbocycles. The summed E-state index contributed by atoms with van der Waals surface area (Å²) in [7, 11) is 0. The molecule has 0 heterocycles. The van der Waals surface area contributed by atoms with Gasteiger partial charge in [0.1, 0.15) is 5.60 Å². The van der Waals surface area contributed by atoms with Crippen LogP contribution in [0.2, 0.25) is 0 Å². The maximum atomic E-state index is 11.5. The minimum absolute atomic E-state index is 0.205. The van der Waals surface area contributed by atoms with Gasteiger partial charge in [0.2, 0.25) is 0 Å². The van der Waals surface area contributed by atoms with Crippen molar-refractivity contribution in [3.05, 3.63) is 0 Å². The van der Waals surface area contributed by atoms with E-state index < -0.39 is 5.60 Å². The lowest BCUT2D eigenvalue weighted by Gasteiger charge is -2.37. The molecule has 1 saturated carbocycles. The molecule has 1 amide bonds. The Labute approximate surface area is 116 Å². The van der Waals surface area contributed by atoms with E-state index >= 15 is 0 Å². The van der Waals surface area contributed by atoms with Crippen molar-refractivity contribution in [2.45, 2.75) is 77.2 Å². The fraction of sp³-hybridized carbons (Fsp3) is 0.929. The van der Waals surface area contributed by atoms with Crippen LogP contribution in [-0.2, 0) is 4.74 Å². The lowest BCUT2D eigenvalue weighted by Crippen LogP contribution is -2.53. The Morgan fingerprint density at radius 2 is 2.00 bits per heavy atom. The Hall–Kier alpha value is -0.810. The average molecular weight is 272 g/mol. The SMILES string of the molecule is CCC(O)CCNC1CC(NC(=O)OC(C)(C)C)C1. The van der Waals surface area contributed by atoms with E-state index in [2.05, 4.69) is 10.6 Å². The van der Waals surface area contributed by atoms with E-state index in [1.807, 2.05) is 27.7 Å². The third-order valence-electron chi connectivity index (χ3n) is 3.24. The molecule has 1 atom stereocenters. The van der Waals surface area contributed by atoms with E-state index in [9.17, 15) is 9.90 Å². The van der Waals surface area contributed by atoms with E-state index in [1.54, 1.807) is 0 Å². The molecule has 1 rings (SSSR count). The zero-order valence-corrected chi connectivity index (χ0v) is 12.5. The summed E-state index contributed by atoms with van der Waals surface area (Å²) in [5.41, 5.74) is -0.443. The molecule has 5 heteroatoms. The highest BCUT2D eigenvalue weighted by molar-refractivity contribution is 5.68. The fourth-order valence-corrected chi connectivity index (χ4v) is 2.03. The smallest absolute Gasteiger partial charge is 0.407 e. The maximum absolute atomic E-state index is 11.5. The van der Waals surface area contributed by atoms with E-state index in [0.29, 0.717) is 6.04 Å². The summed E-state index contributed by atoms with van der Waals surface area (Å²) in [5, 5.41) is 15.7. The van der Waals surface area contributed by atoms with Crippen LogP contribution in [0.25, 0.3) is 0 Å². The van der Waals surface area contributed by atoms with Crippen molar-refractivity contribution in [1.29, 1.82) is 0 Å². The highest BCUT2D eigenvalue weighted by Crippen LogP contribution is 2.20. The number of carbonyl (C=O) groups is 1. The lowest BCUT2D eigenvalue weighted by molar-refractivity contribution is 0.0465. The third kappa shape index (κ3) is 6.78. The van der Waals surface area contributed by atoms with Gasteiger partial charge in [-0.25, -0.2) is 4.79 Å². The first-order valence-electron chi connectivity index (χ1n) is 7.21. The van der Waals surface area contributed by atoms with E-state index in [0.717, 1.165) is 32.2 Å². The van der Waals surface area contributed by atoms with Crippen LogP contribution in [0.1, 0.15) is 53.4 Å². The van der Waals surface area contributed by atoms with Gasteiger partial charge in [-0.3, -0.25) is 0 Å². The largest absolute Gasteiger partial charge is 0.444 e. The number of hydrogen-bond acceptors (Lipinski definition) is 4. The third-order valence-corrected chi connectivity index (χ3v) is 3.24. The van der Waals surface area contributed by atoms with Crippen molar-refractivity contribution in [1.82, 2.24) is 10.6 Å². The summed E-state index contributed by atoms with van der Waals surface area (Å²) in [4.78, 5) is 11.5. The monoisotopic (exact) mass is 272 g/mol. The van der Waals surface area contributed by atoms with Crippen molar-refractivity contribution < 1.29 is 14.6 Å². The van der Waals surface area contributed by atoms with Gasteiger partial charge in [0.15, 0.2) is 0 Å². The molecule has 1 aliphatic carbocycles. The molecular formula is C14H28N2O3. The topological polar surface area (TPSA) is 70.6 Å². The predicted octanol–water partition coefficient (Wildman–Crippen LogP) is 1.79. The van der Waals surface area contributed by atoms with Gasteiger partial charge in [-0.1, -0.05) is 6.92 Å². The highest BCUT2D eigenvalue weighted by Gasteiger charge is 2.31. The molecule has 0 aliphatic heterocycles. The van der Waals surface area contributed by atoms with E-state index in [1.165, 1.54) is 0 Å². The average Bonchev–Trinajstić information content (AvgIpc) is 2.22. The molecule has 3 N–H and O–H groups in total. The summed E-state index contributed by atoms with van der Waals surface area (Å²) in [6.07, 6.45) is 2.91. The zero-order chi connectivity index (χ0) is 14.5. The molecule has 0 bridgehead atoms. The molecule has 0 aromatic heterocycles. The van der Waals surface area contributed by atoms with Gasteiger partial charge in [-0.15, -0.1) is 0 Å². The zero-order valence-electron chi connectivity index (χ0n) is 12.5. The summed E-state index contributed by atoms with van der Waals surface area (Å²) in [5.74, 6) is 0. The number of aliphatic hydroxyl groups is 1. The molecule has 0 radical (unpaired) electrons. The number of carbonyl (C=O) groups excluding carboxylic acids is 1. The Morgan fingerprint density at radius 3 is 2.53 bits per heavy atom. The van der Waals surface area contributed by atoms with Gasteiger partial charge in [-0.2, -0.15) is 0 Å². The summed E-state index contributed by atoms with van der Waals surface area (Å²) < 4.78 is 5.20. The van der Waals surface area contributed by atoms with Crippen molar-refractivity contribution in [3.8, 4) is 0 Å². The first-order valence-corrected chi connectivity index (χ1v) is 7.21. The van der Waals surface area contributed by atoms with Crippen molar-refractivity contribution in [3.63, 3.8) is 0 Å². The first kappa shape index (κ1) is 16.2. The van der Waals surface area contributed by atoms with E-state index in [-0.39, 0.29) is 18.2 Å². The van der Waals surface area contributed by atoms with Crippen molar-refractivity contribution in [2.24, 2.45) is 0 Å². The molecular weight excluding hydrogens is 244 g/mol. The van der Waals surface area contributed by atoms with Crippen molar-refractivity contribution >= 4 is 6.09 Å². The Kier molecular flexibility index (Phi) is 6.07. The predicted molar refractivity (Wildman–Crippen MR) is 75.1 cm³/mol. The van der Waals surface area contributed by atoms with Crippen LogP contribution < -0.4 is 10.6 Å². The molecule has 0 aromatic rings. The van der Waals surface area contributed by atoms with Crippen LogP contribution >= 0.6 is 0 Å². The van der Waals surface area contributed by atoms with Gasteiger partial charge in [0, 0.05) is 12.1 Å². The summed E-state index contributed by atoms with van der Waals surface area (Å²) in [6.45, 7) is 8.39. The molecule has 112 valence electrons. The van der Waals surface area contributed by atoms with Crippen LogP contribution in [0.3, 0.4) is 0 Å². The number of amides is 1. The van der Waals surface area contributed by atoms with Crippen LogP contribution in [0, 0.1) is 0 Å². The number of rotatable bonds is 6. The van der Waals surface area contributed by atoms with Crippen LogP contribution in [0.4, 0.5) is 4.79 Å². The second kappa shape index (κ2) is 7.10. The quantitative estimate of drug-likeness (QED) is 0.689.